The zero-order valence-corrected chi connectivity index (χ0v) is 17.0. The van der Waals surface area contributed by atoms with Crippen LogP contribution >= 0.6 is 23.1 Å². The lowest BCUT2D eigenvalue weighted by atomic mass is 9.77. The molecule has 2 saturated carbocycles. The van der Waals surface area contributed by atoms with Gasteiger partial charge in [-0.05, 0) is 61.3 Å². The Hall–Kier alpha value is -2.32. The summed E-state index contributed by atoms with van der Waals surface area (Å²) >= 11 is 3.18. The van der Waals surface area contributed by atoms with Crippen LogP contribution < -0.4 is 4.87 Å². The van der Waals surface area contributed by atoms with Crippen LogP contribution in [0.4, 0.5) is 5.69 Å². The number of non-ortho nitro benzene ring substituents is 1. The van der Waals surface area contributed by atoms with Crippen LogP contribution in [0.3, 0.4) is 0 Å². The molecule has 3 aliphatic rings. The van der Waals surface area contributed by atoms with Crippen molar-refractivity contribution in [2.75, 3.05) is 0 Å². The van der Waals surface area contributed by atoms with E-state index in [0.717, 1.165) is 27.1 Å². The summed E-state index contributed by atoms with van der Waals surface area (Å²) in [6.07, 6.45) is 3.85. The molecule has 2 aliphatic carbocycles. The fourth-order valence-electron chi connectivity index (χ4n) is 5.59. The van der Waals surface area contributed by atoms with Gasteiger partial charge in [-0.1, -0.05) is 11.3 Å². The zero-order chi connectivity index (χ0) is 19.7. The highest BCUT2D eigenvalue weighted by atomic mass is 32.2. The van der Waals surface area contributed by atoms with Crippen LogP contribution in [0.1, 0.15) is 35.8 Å². The third-order valence-corrected chi connectivity index (χ3v) is 9.38. The summed E-state index contributed by atoms with van der Waals surface area (Å²) < 4.78 is 6.30. The van der Waals surface area contributed by atoms with Gasteiger partial charge in [0.05, 0.1) is 20.7 Å². The first kappa shape index (κ1) is 17.5. The third kappa shape index (κ3) is 2.65. The van der Waals surface area contributed by atoms with Crippen LogP contribution in [0, 0.1) is 27.9 Å². The number of nitrogens with one attached hydrogen (secondary N) is 1. The number of aromatic amines is 1. The fraction of sp³-hybridized carbons (Fsp3) is 0.381. The topological polar surface area (TPSA) is 89.1 Å². The molecular weight excluding hydrogens is 408 g/mol. The molecule has 3 aromatic rings. The lowest BCUT2D eigenvalue weighted by Crippen LogP contribution is -2.33. The second-order valence-electron chi connectivity index (χ2n) is 8.18. The molecule has 0 unspecified atom stereocenters. The number of H-pyrrole nitrogens is 1. The van der Waals surface area contributed by atoms with Crippen LogP contribution in [-0.2, 0) is 0 Å². The van der Waals surface area contributed by atoms with Gasteiger partial charge in [0.25, 0.3) is 5.69 Å². The number of nitro groups is 1. The molecule has 1 N–H and O–H groups in total. The molecule has 8 heteroatoms. The molecule has 3 heterocycles. The van der Waals surface area contributed by atoms with E-state index in [1.54, 1.807) is 12.1 Å². The second-order valence-corrected chi connectivity index (χ2v) is 10.4. The number of rotatable bonds is 3. The smallest absolute Gasteiger partial charge is 0.305 e. The standard InChI is InChI=1S/C21H18N2O4S2/c24-21-22-20-19(29-21)17(16-11-1-2-12(9-11)18(16)28-20)15-8-7-14(27-15)10-3-5-13(6-4-10)23(25)26/h3-8,11-12,16-18H,1-2,9H2,(H,22,24)/t11-,12-,16-,17-,18+/m1/s1. The highest BCUT2D eigenvalue weighted by Gasteiger charge is 2.55. The number of hydrogen-bond donors (Lipinski definition) is 1. The Bertz CT molecular complexity index is 1160. The maximum Gasteiger partial charge on any atom is 0.305 e. The van der Waals surface area contributed by atoms with Gasteiger partial charge in [0.15, 0.2) is 0 Å². The molecule has 1 aliphatic heterocycles. The largest absolute Gasteiger partial charge is 0.460 e. The van der Waals surface area contributed by atoms with E-state index in [9.17, 15) is 14.9 Å². The van der Waals surface area contributed by atoms with Crippen molar-refractivity contribution in [3.05, 3.63) is 66.8 Å². The van der Waals surface area contributed by atoms with Gasteiger partial charge in [-0.2, -0.15) is 0 Å². The number of thioether (sulfide) groups is 1. The number of aromatic nitrogens is 1. The highest BCUT2D eigenvalue weighted by molar-refractivity contribution is 8.00. The highest BCUT2D eigenvalue weighted by Crippen LogP contribution is 2.63. The van der Waals surface area contributed by atoms with Crippen LogP contribution in [0.2, 0.25) is 0 Å². The van der Waals surface area contributed by atoms with Crippen molar-refractivity contribution in [2.45, 2.75) is 35.5 Å². The molecule has 2 bridgehead atoms. The SMILES string of the molecule is O=c1[nH]c2c(s1)[C@H](c1ccc(-c3ccc([N+](=O)[O-])cc3)o1)[C@H]1[C@@H]3CC[C@H](C3)[C@@H]1S2. The Labute approximate surface area is 174 Å². The molecule has 5 atom stereocenters. The fourth-order valence-corrected chi connectivity index (χ4v) is 8.46. The Morgan fingerprint density at radius 1 is 1.10 bits per heavy atom. The number of fused-ring (bicyclic) bond motifs is 6. The van der Waals surface area contributed by atoms with Gasteiger partial charge in [-0.25, -0.2) is 0 Å². The van der Waals surface area contributed by atoms with Crippen LogP contribution in [0.25, 0.3) is 11.3 Å². The van der Waals surface area contributed by atoms with Crippen molar-refractivity contribution >= 4 is 28.8 Å². The van der Waals surface area contributed by atoms with E-state index in [4.69, 9.17) is 4.42 Å². The number of nitro benzene ring substituents is 1. The van der Waals surface area contributed by atoms with E-state index in [2.05, 4.69) is 4.98 Å². The Kier molecular flexibility index (Phi) is 3.83. The molecule has 1 aromatic carbocycles. The summed E-state index contributed by atoms with van der Waals surface area (Å²) in [5, 5.41) is 12.5. The Morgan fingerprint density at radius 3 is 2.69 bits per heavy atom. The first-order valence-electron chi connectivity index (χ1n) is 9.82. The lowest BCUT2D eigenvalue weighted by molar-refractivity contribution is -0.384. The normalized spacial score (nSPS) is 29.6. The second kappa shape index (κ2) is 6.34. The summed E-state index contributed by atoms with van der Waals surface area (Å²) in [6, 6.07) is 10.4. The van der Waals surface area contributed by atoms with E-state index < -0.39 is 4.92 Å². The minimum absolute atomic E-state index is 0.00182. The number of thiazole rings is 1. The van der Waals surface area contributed by atoms with E-state index in [1.807, 2.05) is 23.9 Å². The van der Waals surface area contributed by atoms with Crippen LogP contribution in [-0.4, -0.2) is 15.2 Å². The summed E-state index contributed by atoms with van der Waals surface area (Å²) in [4.78, 5) is 26.8. The van der Waals surface area contributed by atoms with E-state index in [1.165, 1.54) is 42.7 Å². The summed E-state index contributed by atoms with van der Waals surface area (Å²) in [5.41, 5.74) is 0.885. The van der Waals surface area contributed by atoms with Crippen molar-refractivity contribution < 1.29 is 9.34 Å². The number of benzene rings is 1. The summed E-state index contributed by atoms with van der Waals surface area (Å²) in [6.45, 7) is 0. The molecule has 6 nitrogen and oxygen atoms in total. The van der Waals surface area contributed by atoms with E-state index >= 15 is 0 Å². The summed E-state index contributed by atoms with van der Waals surface area (Å²) in [7, 11) is 0. The first-order chi connectivity index (χ1) is 14.1. The van der Waals surface area contributed by atoms with E-state index in [-0.39, 0.29) is 16.5 Å². The predicted molar refractivity (Wildman–Crippen MR) is 112 cm³/mol. The zero-order valence-electron chi connectivity index (χ0n) is 15.4. The molecule has 148 valence electrons. The average molecular weight is 427 g/mol. The van der Waals surface area contributed by atoms with Crippen molar-refractivity contribution in [3.8, 4) is 11.3 Å². The van der Waals surface area contributed by atoms with Gasteiger partial charge < -0.3 is 9.40 Å². The van der Waals surface area contributed by atoms with Crippen LogP contribution in [0.15, 0.2) is 50.6 Å². The van der Waals surface area contributed by atoms with Crippen LogP contribution in [0.5, 0.6) is 0 Å². The quantitative estimate of drug-likeness (QED) is 0.456. The van der Waals surface area contributed by atoms with Gasteiger partial charge >= 0.3 is 4.87 Å². The van der Waals surface area contributed by atoms with Gasteiger partial charge in [0, 0.05) is 22.9 Å². The number of furan rings is 1. The molecule has 0 radical (unpaired) electrons. The predicted octanol–water partition coefficient (Wildman–Crippen LogP) is 5.26. The third-order valence-electron chi connectivity index (χ3n) is 6.76. The monoisotopic (exact) mass is 426 g/mol. The number of hydrogen-bond acceptors (Lipinski definition) is 6. The minimum atomic E-state index is -0.401. The first-order valence-corrected chi connectivity index (χ1v) is 11.5. The number of nitrogens with zero attached hydrogens (tertiary/aromatic N) is 1. The summed E-state index contributed by atoms with van der Waals surface area (Å²) in [5.74, 6) is 3.66. The molecule has 2 aromatic heterocycles. The minimum Gasteiger partial charge on any atom is -0.460 e. The van der Waals surface area contributed by atoms with Crippen molar-refractivity contribution in [2.24, 2.45) is 17.8 Å². The average Bonchev–Trinajstić information content (AvgIpc) is 3.49. The Balaban J connectivity index is 1.41. The molecule has 0 spiro atoms. The molecule has 0 amide bonds. The van der Waals surface area contributed by atoms with Crippen molar-refractivity contribution in [3.63, 3.8) is 0 Å². The van der Waals surface area contributed by atoms with Crippen molar-refractivity contribution in [1.29, 1.82) is 0 Å². The van der Waals surface area contributed by atoms with Gasteiger partial charge in [-0.3, -0.25) is 14.9 Å². The van der Waals surface area contributed by atoms with Gasteiger partial charge in [0.1, 0.15) is 11.5 Å². The maximum atomic E-state index is 12.1. The molecule has 6 rings (SSSR count). The maximum absolute atomic E-state index is 12.1. The van der Waals surface area contributed by atoms with Gasteiger partial charge in [-0.15, -0.1) is 11.8 Å². The van der Waals surface area contributed by atoms with Gasteiger partial charge in [0.2, 0.25) is 0 Å². The molecule has 2 fully saturated rings. The molecular formula is C21H18N2O4S2. The molecule has 0 saturated heterocycles. The van der Waals surface area contributed by atoms with Crippen molar-refractivity contribution in [1.82, 2.24) is 4.98 Å². The lowest BCUT2D eigenvalue weighted by Gasteiger charge is -2.38. The molecule has 29 heavy (non-hydrogen) atoms. The van der Waals surface area contributed by atoms with E-state index in [0.29, 0.717) is 22.8 Å². The Morgan fingerprint density at radius 2 is 1.90 bits per heavy atom.